The zero-order chi connectivity index (χ0) is 24.5. The van der Waals surface area contributed by atoms with Crippen molar-refractivity contribution in [2.24, 2.45) is 0 Å². The average Bonchev–Trinajstić information content (AvgIpc) is 3.18. The Hall–Kier alpha value is -3.55. The van der Waals surface area contributed by atoms with Crippen molar-refractivity contribution in [1.29, 1.82) is 0 Å². The minimum absolute atomic E-state index is 0.0748. The van der Waals surface area contributed by atoms with Crippen molar-refractivity contribution in [3.63, 3.8) is 0 Å². The summed E-state index contributed by atoms with van der Waals surface area (Å²) >= 11 is 0. The molecule has 2 atom stereocenters. The molecule has 0 radical (unpaired) electrons. The molecule has 1 heterocycles. The SMILES string of the molecule is C=C(C(=O)c1ccccc1)[C@H]1c2ccccc2[C@@H](CC(=O)OC)N1S(=O)(=O)c1ccc(C)cc1. The van der Waals surface area contributed by atoms with Crippen molar-refractivity contribution < 1.29 is 22.7 Å². The molecule has 0 amide bonds. The number of hydrogen-bond acceptors (Lipinski definition) is 5. The maximum absolute atomic E-state index is 14.0. The number of nitrogens with zero attached hydrogens (tertiary/aromatic N) is 1. The average molecular weight is 476 g/mol. The van der Waals surface area contributed by atoms with Gasteiger partial charge in [-0.15, -0.1) is 0 Å². The van der Waals surface area contributed by atoms with Crippen LogP contribution in [0, 0.1) is 6.92 Å². The first-order valence-corrected chi connectivity index (χ1v) is 12.2. The molecule has 0 aliphatic carbocycles. The van der Waals surface area contributed by atoms with E-state index < -0.39 is 28.1 Å². The lowest BCUT2D eigenvalue weighted by atomic mass is 9.93. The number of carbonyl (C=O) groups excluding carboxylic acids is 2. The number of rotatable bonds is 7. The van der Waals surface area contributed by atoms with Gasteiger partial charge in [0, 0.05) is 11.1 Å². The van der Waals surface area contributed by atoms with Crippen LogP contribution >= 0.6 is 0 Å². The highest BCUT2D eigenvalue weighted by atomic mass is 32.2. The van der Waals surface area contributed by atoms with Crippen LogP contribution in [0.3, 0.4) is 0 Å². The number of methoxy groups -OCH3 is 1. The van der Waals surface area contributed by atoms with Crippen LogP contribution in [-0.4, -0.2) is 31.6 Å². The van der Waals surface area contributed by atoms with Crippen molar-refractivity contribution >= 4 is 21.8 Å². The van der Waals surface area contributed by atoms with Crippen molar-refractivity contribution in [3.8, 4) is 0 Å². The first kappa shape index (κ1) is 23.6. The lowest BCUT2D eigenvalue weighted by Crippen LogP contribution is -2.36. The highest BCUT2D eigenvalue weighted by molar-refractivity contribution is 7.89. The van der Waals surface area contributed by atoms with Crippen molar-refractivity contribution in [2.75, 3.05) is 7.11 Å². The summed E-state index contributed by atoms with van der Waals surface area (Å²) in [5.74, 6) is -0.909. The van der Waals surface area contributed by atoms with E-state index in [1.165, 1.54) is 23.5 Å². The topological polar surface area (TPSA) is 80.8 Å². The second-order valence-electron chi connectivity index (χ2n) is 8.20. The predicted octanol–water partition coefficient (Wildman–Crippen LogP) is 4.78. The molecule has 0 spiro atoms. The number of aryl methyl sites for hydroxylation is 1. The second-order valence-corrected chi connectivity index (χ2v) is 10.0. The first-order chi connectivity index (χ1) is 16.3. The standard InChI is InChI=1S/C27H25NO5S/c1-18-13-15-21(16-14-18)34(31,32)28-24(17-25(29)33-3)22-11-7-8-12-23(22)26(28)19(2)27(30)20-9-5-4-6-10-20/h4-16,24,26H,2,17H2,1,3H3/t24-,26+/m1/s1. The van der Waals surface area contributed by atoms with Gasteiger partial charge < -0.3 is 4.74 Å². The Morgan fingerprint density at radius 1 is 0.912 bits per heavy atom. The Labute approximate surface area is 199 Å². The molecular formula is C27H25NO5S. The summed E-state index contributed by atoms with van der Waals surface area (Å²) in [6, 6.07) is 20.4. The molecule has 174 valence electrons. The molecule has 7 heteroatoms. The third kappa shape index (κ3) is 4.20. The van der Waals surface area contributed by atoms with Gasteiger partial charge in [-0.1, -0.05) is 78.9 Å². The normalized spacial score (nSPS) is 17.7. The van der Waals surface area contributed by atoms with Crippen LogP contribution in [0.5, 0.6) is 0 Å². The van der Waals surface area contributed by atoms with E-state index in [1.807, 2.05) is 6.92 Å². The number of benzene rings is 3. The fourth-order valence-electron chi connectivity index (χ4n) is 4.34. The van der Waals surface area contributed by atoms with Gasteiger partial charge in [-0.25, -0.2) is 8.42 Å². The minimum atomic E-state index is -4.12. The fraction of sp³-hybridized carbons (Fsp3) is 0.185. The first-order valence-electron chi connectivity index (χ1n) is 10.8. The summed E-state index contributed by atoms with van der Waals surface area (Å²) < 4.78 is 34.1. The van der Waals surface area contributed by atoms with Crippen molar-refractivity contribution in [3.05, 3.63) is 113 Å². The monoisotopic (exact) mass is 475 g/mol. The summed E-state index contributed by atoms with van der Waals surface area (Å²) in [6.07, 6.45) is -0.193. The molecule has 0 N–H and O–H groups in total. The van der Waals surface area contributed by atoms with E-state index in [4.69, 9.17) is 4.74 Å². The van der Waals surface area contributed by atoms with Crippen LogP contribution in [-0.2, 0) is 19.6 Å². The van der Waals surface area contributed by atoms with Crippen molar-refractivity contribution in [2.45, 2.75) is 30.3 Å². The Morgan fingerprint density at radius 2 is 1.50 bits per heavy atom. The summed E-state index contributed by atoms with van der Waals surface area (Å²) in [7, 11) is -2.86. The minimum Gasteiger partial charge on any atom is -0.469 e. The zero-order valence-corrected chi connectivity index (χ0v) is 19.8. The zero-order valence-electron chi connectivity index (χ0n) is 19.0. The molecule has 0 bridgehead atoms. The van der Waals surface area contributed by atoms with Gasteiger partial charge in [-0.05, 0) is 30.2 Å². The van der Waals surface area contributed by atoms with E-state index in [2.05, 4.69) is 6.58 Å². The molecule has 1 aliphatic rings. The Bertz CT molecular complexity index is 1350. The lowest BCUT2D eigenvalue weighted by molar-refractivity contribution is -0.141. The Kier molecular flexibility index (Phi) is 6.50. The predicted molar refractivity (Wildman–Crippen MR) is 129 cm³/mol. The molecule has 0 saturated heterocycles. The fourth-order valence-corrected chi connectivity index (χ4v) is 6.10. The molecule has 3 aromatic rings. The molecule has 3 aromatic carbocycles. The van der Waals surface area contributed by atoms with Gasteiger partial charge in [-0.3, -0.25) is 9.59 Å². The summed E-state index contributed by atoms with van der Waals surface area (Å²) in [5.41, 5.74) is 2.71. The number of hydrogen-bond donors (Lipinski definition) is 0. The number of ether oxygens (including phenoxy) is 1. The smallest absolute Gasteiger partial charge is 0.307 e. The third-order valence-corrected chi connectivity index (χ3v) is 7.94. The van der Waals surface area contributed by atoms with Crippen LogP contribution in [0.25, 0.3) is 0 Å². The van der Waals surface area contributed by atoms with Gasteiger partial charge in [0.2, 0.25) is 10.0 Å². The number of fused-ring (bicyclic) bond motifs is 1. The molecule has 0 fully saturated rings. The number of carbonyl (C=O) groups is 2. The summed E-state index contributed by atoms with van der Waals surface area (Å²) in [4.78, 5) is 25.8. The van der Waals surface area contributed by atoms with Gasteiger partial charge in [0.05, 0.1) is 30.5 Å². The molecular weight excluding hydrogens is 450 g/mol. The number of sulfonamides is 1. The molecule has 0 unspecified atom stereocenters. The van der Waals surface area contributed by atoms with Gasteiger partial charge in [0.15, 0.2) is 5.78 Å². The number of ketones is 1. The van der Waals surface area contributed by atoms with Gasteiger partial charge in [0.1, 0.15) is 0 Å². The highest BCUT2D eigenvalue weighted by Crippen LogP contribution is 2.50. The molecule has 0 saturated carbocycles. The van der Waals surface area contributed by atoms with E-state index in [-0.39, 0.29) is 22.7 Å². The third-order valence-electron chi connectivity index (χ3n) is 6.05. The second kappa shape index (κ2) is 9.37. The van der Waals surface area contributed by atoms with Crippen molar-refractivity contribution in [1.82, 2.24) is 4.31 Å². The maximum Gasteiger partial charge on any atom is 0.307 e. The van der Waals surface area contributed by atoms with Crippen LogP contribution in [0.4, 0.5) is 0 Å². The Morgan fingerprint density at radius 3 is 2.12 bits per heavy atom. The van der Waals surface area contributed by atoms with E-state index in [9.17, 15) is 18.0 Å². The van der Waals surface area contributed by atoms with Gasteiger partial charge >= 0.3 is 5.97 Å². The molecule has 4 rings (SSSR count). The largest absolute Gasteiger partial charge is 0.469 e. The van der Waals surface area contributed by atoms with Crippen LogP contribution in [0.15, 0.2) is 95.9 Å². The molecule has 6 nitrogen and oxygen atoms in total. The van der Waals surface area contributed by atoms with Crippen LogP contribution < -0.4 is 0 Å². The summed E-state index contributed by atoms with van der Waals surface area (Å²) in [6.45, 7) is 5.91. The number of Topliss-reactive ketones (excluding diaryl/α,β-unsaturated/α-hetero) is 1. The Balaban J connectivity index is 1.89. The molecule has 0 aromatic heterocycles. The lowest BCUT2D eigenvalue weighted by Gasteiger charge is -2.30. The molecule has 34 heavy (non-hydrogen) atoms. The maximum atomic E-state index is 14.0. The molecule has 1 aliphatic heterocycles. The van der Waals surface area contributed by atoms with Crippen LogP contribution in [0.1, 0.15) is 45.6 Å². The van der Waals surface area contributed by atoms with E-state index in [1.54, 1.807) is 66.7 Å². The van der Waals surface area contributed by atoms with Crippen LogP contribution in [0.2, 0.25) is 0 Å². The van der Waals surface area contributed by atoms with E-state index in [0.717, 1.165) is 5.56 Å². The number of esters is 1. The van der Waals surface area contributed by atoms with Gasteiger partial charge in [-0.2, -0.15) is 4.31 Å². The van der Waals surface area contributed by atoms with E-state index >= 15 is 0 Å². The quantitative estimate of drug-likeness (QED) is 0.279. The summed E-state index contributed by atoms with van der Waals surface area (Å²) in [5, 5.41) is 0. The van der Waals surface area contributed by atoms with E-state index in [0.29, 0.717) is 16.7 Å². The highest BCUT2D eigenvalue weighted by Gasteiger charge is 2.48. The van der Waals surface area contributed by atoms with Gasteiger partial charge in [0.25, 0.3) is 0 Å².